The van der Waals surface area contributed by atoms with Crippen molar-refractivity contribution < 1.29 is 9.32 Å². The average molecular weight is 324 g/mol. The van der Waals surface area contributed by atoms with Gasteiger partial charge in [-0.2, -0.15) is 0 Å². The molecular formula is C13H20N6O2S. The Labute approximate surface area is 133 Å². The van der Waals surface area contributed by atoms with E-state index in [0.717, 1.165) is 6.54 Å². The number of hydrogen-bond acceptors (Lipinski definition) is 7. The van der Waals surface area contributed by atoms with Crippen LogP contribution >= 0.6 is 11.8 Å². The zero-order valence-corrected chi connectivity index (χ0v) is 13.9. The molecule has 2 rings (SSSR count). The molecule has 0 spiro atoms. The van der Waals surface area contributed by atoms with Gasteiger partial charge in [-0.25, -0.2) is 4.68 Å². The van der Waals surface area contributed by atoms with Gasteiger partial charge in [-0.05, 0) is 29.7 Å². The summed E-state index contributed by atoms with van der Waals surface area (Å²) in [6.07, 6.45) is 0.655. The summed E-state index contributed by atoms with van der Waals surface area (Å²) in [4.78, 5) is 12.3. The third-order valence-corrected chi connectivity index (χ3v) is 4.16. The molecule has 2 heterocycles. The summed E-state index contributed by atoms with van der Waals surface area (Å²) < 4.78 is 6.67. The Morgan fingerprint density at radius 1 is 1.50 bits per heavy atom. The smallest absolute Gasteiger partial charge is 0.239 e. The lowest BCUT2D eigenvalue weighted by Gasteiger charge is -2.13. The largest absolute Gasteiger partial charge is 0.360 e. The van der Waals surface area contributed by atoms with Crippen molar-refractivity contribution in [1.82, 2.24) is 25.4 Å². The number of nitrogens with one attached hydrogen (secondary N) is 1. The normalized spacial score (nSPS) is 12.6. The predicted octanol–water partition coefficient (Wildman–Crippen LogP) is 2.13. The summed E-state index contributed by atoms with van der Waals surface area (Å²) in [5, 5.41) is 18.5. The van der Waals surface area contributed by atoms with Crippen molar-refractivity contribution in [1.29, 1.82) is 0 Å². The molecule has 9 heteroatoms. The third kappa shape index (κ3) is 4.30. The van der Waals surface area contributed by atoms with Gasteiger partial charge in [-0.1, -0.05) is 37.7 Å². The van der Waals surface area contributed by atoms with Crippen LogP contribution in [-0.2, 0) is 11.3 Å². The molecule has 8 nitrogen and oxygen atoms in total. The fraction of sp³-hybridized carbons (Fsp3) is 0.615. The highest BCUT2D eigenvalue weighted by atomic mass is 32.2. The molecule has 0 fully saturated rings. The lowest BCUT2D eigenvalue weighted by atomic mass is 10.2. The number of thioether (sulfide) groups is 1. The average Bonchev–Trinajstić information content (AvgIpc) is 3.04. The Morgan fingerprint density at radius 3 is 2.86 bits per heavy atom. The summed E-state index contributed by atoms with van der Waals surface area (Å²) in [5.74, 6) is 1.36. The lowest BCUT2D eigenvalue weighted by Crippen LogP contribution is -2.25. The van der Waals surface area contributed by atoms with Gasteiger partial charge < -0.3 is 9.84 Å². The highest BCUT2D eigenvalue weighted by molar-refractivity contribution is 8.00. The molecule has 0 bridgehead atoms. The van der Waals surface area contributed by atoms with E-state index in [0.29, 0.717) is 29.1 Å². The van der Waals surface area contributed by atoms with Crippen LogP contribution in [-0.4, -0.2) is 36.5 Å². The van der Waals surface area contributed by atoms with Crippen LogP contribution in [0, 0.1) is 12.8 Å². The van der Waals surface area contributed by atoms with Gasteiger partial charge in [0, 0.05) is 12.6 Å². The van der Waals surface area contributed by atoms with Crippen molar-refractivity contribution in [3.05, 3.63) is 11.8 Å². The van der Waals surface area contributed by atoms with Crippen LogP contribution in [0.25, 0.3) is 0 Å². The first-order valence-electron chi connectivity index (χ1n) is 7.16. The number of aryl methyl sites for hydroxylation is 1. The quantitative estimate of drug-likeness (QED) is 0.779. The Balaban J connectivity index is 2.02. The standard InChI is InChI=1S/C13H20N6O2S/c1-5-10(12(20)14-11-6-9(4)21-16-11)22-13-15-17-18-19(13)7-8(2)3/h6,8,10H,5,7H2,1-4H3,(H,14,16,20). The lowest BCUT2D eigenvalue weighted by molar-refractivity contribution is -0.115. The molecule has 22 heavy (non-hydrogen) atoms. The molecule has 2 aromatic heterocycles. The van der Waals surface area contributed by atoms with E-state index in [1.54, 1.807) is 17.7 Å². The van der Waals surface area contributed by atoms with E-state index >= 15 is 0 Å². The molecule has 2 aromatic rings. The van der Waals surface area contributed by atoms with Gasteiger partial charge in [0.2, 0.25) is 11.1 Å². The van der Waals surface area contributed by atoms with Crippen LogP contribution in [0.5, 0.6) is 0 Å². The van der Waals surface area contributed by atoms with Crippen molar-refractivity contribution >= 4 is 23.5 Å². The zero-order valence-electron chi connectivity index (χ0n) is 13.1. The minimum absolute atomic E-state index is 0.139. The van der Waals surface area contributed by atoms with Crippen LogP contribution in [0.3, 0.4) is 0 Å². The zero-order chi connectivity index (χ0) is 16.1. The monoisotopic (exact) mass is 324 g/mol. The number of anilines is 1. The Hall–Kier alpha value is -1.90. The number of tetrazole rings is 1. The summed E-state index contributed by atoms with van der Waals surface area (Å²) in [6.45, 7) is 8.62. The van der Waals surface area contributed by atoms with Crippen molar-refractivity contribution in [3.8, 4) is 0 Å². The fourth-order valence-electron chi connectivity index (χ4n) is 1.82. The third-order valence-electron chi connectivity index (χ3n) is 2.83. The number of carbonyl (C=O) groups excluding carboxylic acids is 1. The van der Waals surface area contributed by atoms with E-state index < -0.39 is 0 Å². The second kappa shape index (κ2) is 7.39. The van der Waals surface area contributed by atoms with Crippen LogP contribution in [0.1, 0.15) is 33.0 Å². The SMILES string of the molecule is CCC(Sc1nnnn1CC(C)C)C(=O)Nc1cc(C)on1. The molecule has 0 radical (unpaired) electrons. The molecule has 0 aromatic carbocycles. The Bertz CT molecular complexity index is 624. The van der Waals surface area contributed by atoms with Crippen LogP contribution < -0.4 is 5.32 Å². The topological polar surface area (TPSA) is 98.7 Å². The Morgan fingerprint density at radius 2 is 2.27 bits per heavy atom. The minimum atomic E-state index is -0.297. The van der Waals surface area contributed by atoms with E-state index in [-0.39, 0.29) is 11.2 Å². The maximum absolute atomic E-state index is 12.3. The molecule has 0 saturated carbocycles. The van der Waals surface area contributed by atoms with Gasteiger partial charge in [0.15, 0.2) is 5.82 Å². The molecule has 120 valence electrons. The van der Waals surface area contributed by atoms with E-state index in [1.807, 2.05) is 6.92 Å². The van der Waals surface area contributed by atoms with Crippen molar-refractivity contribution in [2.45, 2.75) is 51.1 Å². The van der Waals surface area contributed by atoms with E-state index in [9.17, 15) is 4.79 Å². The highest BCUT2D eigenvalue weighted by Gasteiger charge is 2.22. The molecule has 1 unspecified atom stereocenters. The number of carbonyl (C=O) groups is 1. The molecular weight excluding hydrogens is 304 g/mol. The van der Waals surface area contributed by atoms with Crippen molar-refractivity contribution in [2.75, 3.05) is 5.32 Å². The predicted molar refractivity (Wildman–Crippen MR) is 82.5 cm³/mol. The number of rotatable bonds is 7. The van der Waals surface area contributed by atoms with Gasteiger partial charge in [-0.3, -0.25) is 4.79 Å². The van der Waals surface area contributed by atoms with Crippen molar-refractivity contribution in [2.24, 2.45) is 5.92 Å². The summed E-state index contributed by atoms with van der Waals surface area (Å²) in [6, 6.07) is 1.68. The van der Waals surface area contributed by atoms with E-state index in [2.05, 4.69) is 39.8 Å². The first-order chi connectivity index (χ1) is 10.5. The molecule has 0 saturated heterocycles. The highest BCUT2D eigenvalue weighted by Crippen LogP contribution is 2.24. The van der Waals surface area contributed by atoms with Crippen molar-refractivity contribution in [3.63, 3.8) is 0 Å². The van der Waals surface area contributed by atoms with E-state index in [4.69, 9.17) is 4.52 Å². The molecule has 0 aliphatic rings. The van der Waals surface area contributed by atoms with Gasteiger partial charge in [0.05, 0.1) is 5.25 Å². The number of amides is 1. The number of nitrogens with zero attached hydrogens (tertiary/aromatic N) is 5. The summed E-state index contributed by atoms with van der Waals surface area (Å²) >= 11 is 1.35. The number of hydrogen-bond donors (Lipinski definition) is 1. The second-order valence-electron chi connectivity index (χ2n) is 5.36. The molecule has 0 aliphatic carbocycles. The Kier molecular flexibility index (Phi) is 5.53. The van der Waals surface area contributed by atoms with Crippen LogP contribution in [0.4, 0.5) is 5.82 Å². The summed E-state index contributed by atoms with van der Waals surface area (Å²) in [7, 11) is 0. The number of aromatic nitrogens is 5. The molecule has 1 N–H and O–H groups in total. The van der Waals surface area contributed by atoms with Gasteiger partial charge in [-0.15, -0.1) is 5.10 Å². The second-order valence-corrected chi connectivity index (χ2v) is 6.53. The molecule has 0 aliphatic heterocycles. The van der Waals surface area contributed by atoms with Gasteiger partial charge >= 0.3 is 0 Å². The van der Waals surface area contributed by atoms with Crippen LogP contribution in [0.15, 0.2) is 15.7 Å². The van der Waals surface area contributed by atoms with E-state index in [1.165, 1.54) is 11.8 Å². The summed E-state index contributed by atoms with van der Waals surface area (Å²) in [5.41, 5.74) is 0. The minimum Gasteiger partial charge on any atom is -0.360 e. The first-order valence-corrected chi connectivity index (χ1v) is 8.04. The van der Waals surface area contributed by atoms with Crippen LogP contribution in [0.2, 0.25) is 0 Å². The molecule has 1 amide bonds. The first kappa shape index (κ1) is 16.5. The van der Waals surface area contributed by atoms with Gasteiger partial charge in [0.1, 0.15) is 5.76 Å². The van der Waals surface area contributed by atoms with Gasteiger partial charge in [0.25, 0.3) is 0 Å². The maximum atomic E-state index is 12.3. The fourth-order valence-corrected chi connectivity index (χ4v) is 2.73. The molecule has 1 atom stereocenters. The maximum Gasteiger partial charge on any atom is 0.239 e.